The molecular weight excluding hydrogens is 479 g/mol. The van der Waals surface area contributed by atoms with E-state index in [1.54, 1.807) is 25.4 Å². The van der Waals surface area contributed by atoms with Crippen molar-refractivity contribution < 1.29 is 24.2 Å². The van der Waals surface area contributed by atoms with Crippen molar-refractivity contribution in [3.63, 3.8) is 0 Å². The Bertz CT molecular complexity index is 1240. The molecule has 1 fully saturated rings. The summed E-state index contributed by atoms with van der Waals surface area (Å²) in [6.45, 7) is 5.53. The molecule has 4 rings (SSSR count). The van der Waals surface area contributed by atoms with Crippen LogP contribution in [0.1, 0.15) is 37.8 Å². The molecular formula is C29H33N2NaO5. The van der Waals surface area contributed by atoms with Gasteiger partial charge in [-0.25, -0.2) is 4.98 Å². The number of carboxylic acids is 1. The standard InChI is InChI=1S/C29H32N2O5.Na.H/c1-4-31(29(34)20-7-8-20)18-23-16-21(22-10-13-27(30-17-22)36-5-2)9-11-24(23)25-14-19(15-28(32)33)6-12-26(25)35-3;;/h6,9-14,16-17,20H,4-5,7-8,15,18H2,1-3H3,(H,32,33);;. The van der Waals surface area contributed by atoms with E-state index in [2.05, 4.69) is 11.1 Å². The Balaban J connectivity index is 0.00000380. The van der Waals surface area contributed by atoms with Crippen LogP contribution in [0.2, 0.25) is 0 Å². The van der Waals surface area contributed by atoms with Gasteiger partial charge in [0.1, 0.15) is 5.75 Å². The number of aromatic nitrogens is 1. The number of nitrogens with zero attached hydrogens (tertiary/aromatic N) is 2. The van der Waals surface area contributed by atoms with Crippen LogP contribution in [0.5, 0.6) is 11.6 Å². The number of carboxylic acid groups (broad SMARTS) is 1. The second kappa shape index (κ2) is 13.1. The maximum atomic E-state index is 13.0. The molecule has 2 aromatic carbocycles. The number of hydrogen-bond acceptors (Lipinski definition) is 5. The molecule has 1 saturated carbocycles. The molecule has 37 heavy (non-hydrogen) atoms. The average Bonchev–Trinajstić information content (AvgIpc) is 3.73. The van der Waals surface area contributed by atoms with Crippen LogP contribution < -0.4 is 9.47 Å². The summed E-state index contributed by atoms with van der Waals surface area (Å²) in [5.74, 6) is 0.642. The van der Waals surface area contributed by atoms with Gasteiger partial charge in [0.25, 0.3) is 0 Å². The fourth-order valence-corrected chi connectivity index (χ4v) is 4.34. The van der Waals surface area contributed by atoms with E-state index in [1.165, 1.54) is 0 Å². The van der Waals surface area contributed by atoms with Crippen LogP contribution in [-0.4, -0.2) is 76.7 Å². The van der Waals surface area contributed by atoms with Crippen LogP contribution in [0, 0.1) is 5.92 Å². The normalized spacial score (nSPS) is 12.4. The van der Waals surface area contributed by atoms with Gasteiger partial charge in [-0.3, -0.25) is 9.59 Å². The third kappa shape index (κ3) is 7.12. The number of carbonyl (C=O) groups is 2. The molecule has 0 aliphatic heterocycles. The fourth-order valence-electron chi connectivity index (χ4n) is 4.34. The molecule has 0 atom stereocenters. The summed E-state index contributed by atoms with van der Waals surface area (Å²) in [6, 6.07) is 15.4. The molecule has 0 radical (unpaired) electrons. The molecule has 1 aliphatic carbocycles. The predicted molar refractivity (Wildman–Crippen MR) is 145 cm³/mol. The van der Waals surface area contributed by atoms with Crippen molar-refractivity contribution in [2.24, 2.45) is 5.92 Å². The molecule has 7 nitrogen and oxygen atoms in total. The summed E-state index contributed by atoms with van der Waals surface area (Å²) in [5.41, 5.74) is 5.27. The Morgan fingerprint density at radius 1 is 1.03 bits per heavy atom. The molecule has 0 unspecified atom stereocenters. The number of hydrogen-bond donors (Lipinski definition) is 1. The van der Waals surface area contributed by atoms with Crippen LogP contribution in [0.15, 0.2) is 54.7 Å². The van der Waals surface area contributed by atoms with Gasteiger partial charge in [0.2, 0.25) is 11.8 Å². The van der Waals surface area contributed by atoms with E-state index >= 15 is 0 Å². The van der Waals surface area contributed by atoms with Crippen molar-refractivity contribution in [1.29, 1.82) is 0 Å². The number of pyridine rings is 1. The Labute approximate surface area is 240 Å². The molecule has 1 amide bonds. The van der Waals surface area contributed by atoms with Crippen molar-refractivity contribution in [2.45, 2.75) is 39.7 Å². The molecule has 190 valence electrons. The number of aliphatic carboxylic acids is 1. The summed E-state index contributed by atoms with van der Waals surface area (Å²) >= 11 is 0. The van der Waals surface area contributed by atoms with Crippen LogP contribution >= 0.6 is 0 Å². The monoisotopic (exact) mass is 512 g/mol. The Morgan fingerprint density at radius 3 is 2.38 bits per heavy atom. The predicted octanol–water partition coefficient (Wildman–Crippen LogP) is 4.56. The summed E-state index contributed by atoms with van der Waals surface area (Å²) in [4.78, 5) is 30.6. The first-order valence-corrected chi connectivity index (χ1v) is 12.3. The molecule has 1 N–H and O–H groups in total. The number of amides is 1. The van der Waals surface area contributed by atoms with Crippen molar-refractivity contribution in [3.05, 3.63) is 65.9 Å². The van der Waals surface area contributed by atoms with Gasteiger partial charge in [-0.2, -0.15) is 0 Å². The van der Waals surface area contributed by atoms with E-state index in [9.17, 15) is 14.7 Å². The van der Waals surface area contributed by atoms with E-state index in [4.69, 9.17) is 9.47 Å². The van der Waals surface area contributed by atoms with Crippen LogP contribution in [0.25, 0.3) is 22.3 Å². The molecule has 1 aromatic heterocycles. The number of methoxy groups -OCH3 is 1. The summed E-state index contributed by atoms with van der Waals surface area (Å²) in [6.07, 6.45) is 3.60. The summed E-state index contributed by atoms with van der Waals surface area (Å²) in [5, 5.41) is 9.30. The van der Waals surface area contributed by atoms with Gasteiger partial charge in [-0.05, 0) is 73.2 Å². The number of carbonyl (C=O) groups excluding carboxylic acids is 1. The zero-order valence-electron chi connectivity index (χ0n) is 21.0. The minimum atomic E-state index is -0.892. The zero-order chi connectivity index (χ0) is 25.7. The Hall–Kier alpha value is -2.87. The maximum absolute atomic E-state index is 13.0. The van der Waals surface area contributed by atoms with Crippen molar-refractivity contribution >= 4 is 41.4 Å². The number of ether oxygens (including phenoxy) is 2. The van der Waals surface area contributed by atoms with Crippen molar-refractivity contribution in [1.82, 2.24) is 9.88 Å². The van der Waals surface area contributed by atoms with Gasteiger partial charge in [0, 0.05) is 42.4 Å². The van der Waals surface area contributed by atoms with Gasteiger partial charge < -0.3 is 19.5 Å². The molecule has 0 bridgehead atoms. The fraction of sp³-hybridized carbons (Fsp3) is 0.345. The minimum absolute atomic E-state index is 0. The first-order valence-electron chi connectivity index (χ1n) is 12.3. The Kier molecular flexibility index (Phi) is 10.1. The molecule has 0 spiro atoms. The Morgan fingerprint density at radius 2 is 1.78 bits per heavy atom. The molecule has 1 heterocycles. The van der Waals surface area contributed by atoms with E-state index in [0.29, 0.717) is 36.9 Å². The van der Waals surface area contributed by atoms with Gasteiger partial charge >= 0.3 is 35.5 Å². The first kappa shape index (κ1) is 28.7. The van der Waals surface area contributed by atoms with E-state index in [0.717, 1.165) is 40.7 Å². The van der Waals surface area contributed by atoms with Gasteiger partial charge in [-0.1, -0.05) is 18.2 Å². The van der Waals surface area contributed by atoms with E-state index < -0.39 is 5.97 Å². The van der Waals surface area contributed by atoms with Crippen LogP contribution in [0.3, 0.4) is 0 Å². The van der Waals surface area contributed by atoms with E-state index in [1.807, 2.05) is 49.1 Å². The van der Waals surface area contributed by atoms with Crippen LogP contribution in [0.4, 0.5) is 0 Å². The van der Waals surface area contributed by atoms with E-state index in [-0.39, 0.29) is 47.8 Å². The van der Waals surface area contributed by atoms with Crippen LogP contribution in [-0.2, 0) is 22.6 Å². The SMILES string of the molecule is CCOc1ccc(-c2ccc(-c3cc(CC(=O)O)ccc3OC)c(CN(CC)C(=O)C3CC3)c2)cn1.[NaH]. The summed E-state index contributed by atoms with van der Waals surface area (Å²) in [7, 11) is 1.60. The molecule has 1 aliphatic rings. The topological polar surface area (TPSA) is 89.0 Å². The zero-order valence-corrected chi connectivity index (χ0v) is 21.0. The van der Waals surface area contributed by atoms with Gasteiger partial charge in [0.15, 0.2) is 0 Å². The quantitative estimate of drug-likeness (QED) is 0.379. The second-order valence-corrected chi connectivity index (χ2v) is 8.92. The van der Waals surface area contributed by atoms with Gasteiger partial charge in [0.05, 0.1) is 20.1 Å². The first-order chi connectivity index (χ1) is 17.4. The molecule has 3 aromatic rings. The number of benzene rings is 2. The second-order valence-electron chi connectivity index (χ2n) is 8.92. The van der Waals surface area contributed by atoms with Crippen molar-refractivity contribution in [3.8, 4) is 33.9 Å². The molecule has 8 heteroatoms. The molecule has 0 saturated heterocycles. The third-order valence-corrected chi connectivity index (χ3v) is 6.36. The van der Waals surface area contributed by atoms with Gasteiger partial charge in [-0.15, -0.1) is 0 Å². The summed E-state index contributed by atoms with van der Waals surface area (Å²) < 4.78 is 11.1. The van der Waals surface area contributed by atoms with Crippen molar-refractivity contribution in [2.75, 3.05) is 20.3 Å². The third-order valence-electron chi connectivity index (χ3n) is 6.36. The average molecular weight is 513 g/mol. The number of rotatable bonds is 11.